The first kappa shape index (κ1) is 15.4. The highest BCUT2D eigenvalue weighted by Crippen LogP contribution is 1.99. The zero-order chi connectivity index (χ0) is 12.8. The Bertz CT molecular complexity index is 314. The van der Waals surface area contributed by atoms with E-state index in [1.807, 2.05) is 6.92 Å². The van der Waals surface area contributed by atoms with Gasteiger partial charge in [-0.15, -0.1) is 0 Å². The van der Waals surface area contributed by atoms with Crippen molar-refractivity contribution in [3.05, 3.63) is 0 Å². The first-order valence-electron chi connectivity index (χ1n) is 5.50. The van der Waals surface area contributed by atoms with Crippen LogP contribution in [0.25, 0.3) is 0 Å². The van der Waals surface area contributed by atoms with Crippen LogP contribution in [0.3, 0.4) is 0 Å². The molecule has 3 N–H and O–H groups in total. The van der Waals surface area contributed by atoms with Gasteiger partial charge in [0.1, 0.15) is 9.84 Å². The Hall–Kier alpha value is -0.620. The summed E-state index contributed by atoms with van der Waals surface area (Å²) in [5.41, 5.74) is 5.65. The van der Waals surface area contributed by atoms with Gasteiger partial charge in [-0.3, -0.25) is 4.79 Å². The lowest BCUT2D eigenvalue weighted by Crippen LogP contribution is -2.46. The Morgan fingerprint density at radius 1 is 1.44 bits per heavy atom. The van der Waals surface area contributed by atoms with Crippen molar-refractivity contribution in [3.8, 4) is 0 Å². The molecule has 0 saturated carbocycles. The average molecular weight is 250 g/mol. The molecule has 96 valence electrons. The van der Waals surface area contributed by atoms with Crippen LogP contribution in [-0.4, -0.2) is 38.4 Å². The summed E-state index contributed by atoms with van der Waals surface area (Å²) in [5.74, 6) is -0.330. The highest BCUT2D eigenvalue weighted by atomic mass is 32.2. The topological polar surface area (TPSA) is 89.3 Å². The van der Waals surface area contributed by atoms with Gasteiger partial charge >= 0.3 is 0 Å². The van der Waals surface area contributed by atoms with Gasteiger partial charge in [0.25, 0.3) is 0 Å². The second-order valence-corrected chi connectivity index (χ2v) is 6.44. The van der Waals surface area contributed by atoms with E-state index in [1.54, 1.807) is 6.92 Å². The van der Waals surface area contributed by atoms with Crippen molar-refractivity contribution in [1.29, 1.82) is 0 Å². The largest absolute Gasteiger partial charge is 0.351 e. The fourth-order valence-corrected chi connectivity index (χ4v) is 2.39. The van der Waals surface area contributed by atoms with Crippen molar-refractivity contribution in [3.63, 3.8) is 0 Å². The van der Waals surface area contributed by atoms with Crippen LogP contribution in [0, 0.1) is 0 Å². The predicted molar refractivity (Wildman–Crippen MR) is 64.8 cm³/mol. The first-order chi connectivity index (χ1) is 7.26. The van der Waals surface area contributed by atoms with Gasteiger partial charge in [-0.1, -0.05) is 19.8 Å². The minimum absolute atomic E-state index is 0.0563. The molecule has 0 aromatic rings. The van der Waals surface area contributed by atoms with Gasteiger partial charge in [-0.2, -0.15) is 0 Å². The SMILES string of the molecule is CCCC[C@H](N)C(=O)NC(C)CS(C)(=O)=O. The summed E-state index contributed by atoms with van der Waals surface area (Å²) in [6.07, 6.45) is 3.66. The van der Waals surface area contributed by atoms with Crippen LogP contribution in [0.15, 0.2) is 0 Å². The Kier molecular flexibility index (Phi) is 6.59. The van der Waals surface area contributed by atoms with Crippen LogP contribution in [0.4, 0.5) is 0 Å². The number of nitrogens with one attached hydrogen (secondary N) is 1. The third-order valence-electron chi connectivity index (χ3n) is 2.15. The van der Waals surface area contributed by atoms with E-state index in [2.05, 4.69) is 5.32 Å². The number of carbonyl (C=O) groups excluding carboxylic acids is 1. The summed E-state index contributed by atoms with van der Waals surface area (Å²) in [4.78, 5) is 11.5. The van der Waals surface area contributed by atoms with E-state index >= 15 is 0 Å². The van der Waals surface area contributed by atoms with E-state index < -0.39 is 21.9 Å². The van der Waals surface area contributed by atoms with Crippen molar-refractivity contribution < 1.29 is 13.2 Å². The van der Waals surface area contributed by atoms with Crippen LogP contribution in [-0.2, 0) is 14.6 Å². The maximum atomic E-state index is 11.5. The molecular weight excluding hydrogens is 228 g/mol. The summed E-state index contributed by atoms with van der Waals surface area (Å²) in [6.45, 7) is 3.68. The number of hydrogen-bond acceptors (Lipinski definition) is 4. The lowest BCUT2D eigenvalue weighted by Gasteiger charge is -2.16. The van der Waals surface area contributed by atoms with Gasteiger partial charge in [0.05, 0.1) is 11.8 Å². The number of nitrogens with two attached hydrogens (primary N) is 1. The normalized spacial score (nSPS) is 15.5. The molecule has 0 aromatic heterocycles. The third kappa shape index (κ3) is 7.64. The van der Waals surface area contributed by atoms with E-state index in [4.69, 9.17) is 5.73 Å². The van der Waals surface area contributed by atoms with Crippen molar-refractivity contribution in [2.75, 3.05) is 12.0 Å². The Labute approximate surface area is 97.7 Å². The molecule has 0 aromatic carbocycles. The fourth-order valence-electron chi connectivity index (χ4n) is 1.40. The summed E-state index contributed by atoms with van der Waals surface area (Å²) >= 11 is 0. The zero-order valence-electron chi connectivity index (χ0n) is 10.2. The minimum atomic E-state index is -3.07. The Balaban J connectivity index is 4.04. The molecule has 0 bridgehead atoms. The van der Waals surface area contributed by atoms with Crippen molar-refractivity contribution >= 4 is 15.7 Å². The van der Waals surface area contributed by atoms with Gasteiger partial charge in [0.2, 0.25) is 5.91 Å². The number of amides is 1. The van der Waals surface area contributed by atoms with Crippen molar-refractivity contribution in [2.24, 2.45) is 5.73 Å². The second-order valence-electron chi connectivity index (χ2n) is 4.25. The monoisotopic (exact) mass is 250 g/mol. The molecule has 0 heterocycles. The number of hydrogen-bond donors (Lipinski definition) is 2. The first-order valence-corrected chi connectivity index (χ1v) is 7.56. The van der Waals surface area contributed by atoms with Gasteiger partial charge in [-0.05, 0) is 13.3 Å². The van der Waals surface area contributed by atoms with Crippen molar-refractivity contribution in [2.45, 2.75) is 45.2 Å². The summed E-state index contributed by atoms with van der Waals surface area (Å²) in [5, 5.41) is 2.60. The molecular formula is C10H22N2O3S. The van der Waals surface area contributed by atoms with E-state index in [0.717, 1.165) is 19.1 Å². The molecule has 1 unspecified atom stereocenters. The molecule has 0 fully saturated rings. The van der Waals surface area contributed by atoms with Gasteiger partial charge in [-0.25, -0.2) is 8.42 Å². The Morgan fingerprint density at radius 3 is 2.44 bits per heavy atom. The second kappa shape index (κ2) is 6.85. The molecule has 0 aliphatic rings. The van der Waals surface area contributed by atoms with Crippen LogP contribution in [0.1, 0.15) is 33.1 Å². The van der Waals surface area contributed by atoms with E-state index in [9.17, 15) is 13.2 Å². The molecule has 16 heavy (non-hydrogen) atoms. The molecule has 5 nitrogen and oxygen atoms in total. The van der Waals surface area contributed by atoms with E-state index in [1.165, 1.54) is 0 Å². The molecule has 2 atom stereocenters. The predicted octanol–water partition coefficient (Wildman–Crippen LogP) is 0.0532. The lowest BCUT2D eigenvalue weighted by atomic mass is 10.1. The van der Waals surface area contributed by atoms with E-state index in [-0.39, 0.29) is 11.7 Å². The molecule has 0 rings (SSSR count). The molecule has 0 aliphatic carbocycles. The summed E-state index contributed by atoms with van der Waals surface area (Å²) in [7, 11) is -3.07. The molecule has 0 aliphatic heterocycles. The van der Waals surface area contributed by atoms with Gasteiger partial charge in [0, 0.05) is 12.3 Å². The highest BCUT2D eigenvalue weighted by molar-refractivity contribution is 7.90. The number of sulfone groups is 1. The molecule has 0 radical (unpaired) electrons. The van der Waals surface area contributed by atoms with Gasteiger partial charge in [0.15, 0.2) is 0 Å². The smallest absolute Gasteiger partial charge is 0.237 e. The number of rotatable bonds is 7. The Morgan fingerprint density at radius 2 is 2.00 bits per heavy atom. The summed E-state index contributed by atoms with van der Waals surface area (Å²) in [6, 6.07) is -0.933. The molecule has 0 saturated heterocycles. The van der Waals surface area contributed by atoms with Crippen molar-refractivity contribution in [1.82, 2.24) is 5.32 Å². The van der Waals surface area contributed by atoms with Gasteiger partial charge < -0.3 is 11.1 Å². The van der Waals surface area contributed by atoms with Crippen LogP contribution < -0.4 is 11.1 Å². The van der Waals surface area contributed by atoms with Crippen LogP contribution >= 0.6 is 0 Å². The number of unbranched alkanes of at least 4 members (excludes halogenated alkanes) is 1. The summed E-state index contributed by atoms with van der Waals surface area (Å²) < 4.78 is 22.0. The average Bonchev–Trinajstić information content (AvgIpc) is 2.10. The van der Waals surface area contributed by atoms with E-state index in [0.29, 0.717) is 6.42 Å². The standard InChI is InChI=1S/C10H22N2O3S/c1-4-5-6-9(11)10(13)12-8(2)7-16(3,14)15/h8-9H,4-7,11H2,1-3H3,(H,12,13)/t8?,9-/m0/s1. The molecule has 6 heteroatoms. The fraction of sp³-hybridized carbons (Fsp3) is 0.900. The maximum Gasteiger partial charge on any atom is 0.237 e. The molecule has 1 amide bonds. The minimum Gasteiger partial charge on any atom is -0.351 e. The lowest BCUT2D eigenvalue weighted by molar-refractivity contribution is -0.122. The zero-order valence-corrected chi connectivity index (χ0v) is 11.0. The maximum absolute atomic E-state index is 11.5. The molecule has 0 spiro atoms. The quantitative estimate of drug-likeness (QED) is 0.668. The highest BCUT2D eigenvalue weighted by Gasteiger charge is 2.17. The van der Waals surface area contributed by atoms with Crippen LogP contribution in [0.2, 0.25) is 0 Å². The number of carbonyl (C=O) groups is 1. The van der Waals surface area contributed by atoms with Crippen LogP contribution in [0.5, 0.6) is 0 Å². The third-order valence-corrected chi connectivity index (χ3v) is 3.25.